The van der Waals surface area contributed by atoms with Gasteiger partial charge >= 0.3 is 6.09 Å². The van der Waals surface area contributed by atoms with Gasteiger partial charge in [-0.15, -0.1) is 0 Å². The van der Waals surface area contributed by atoms with Crippen LogP contribution in [0, 0.1) is 23.2 Å². The van der Waals surface area contributed by atoms with Crippen LogP contribution in [-0.4, -0.2) is 59.8 Å². The number of allylic oxidation sites excluding steroid dienone is 4. The van der Waals surface area contributed by atoms with Crippen molar-refractivity contribution in [2.75, 3.05) is 31.9 Å². The average molecular weight is 451 g/mol. The lowest BCUT2D eigenvalue weighted by molar-refractivity contribution is -0.119. The smallest absolute Gasteiger partial charge is 0.414 e. The molecule has 3 atom stereocenters. The van der Waals surface area contributed by atoms with Gasteiger partial charge in [-0.05, 0) is 31.4 Å². The molecule has 0 radical (unpaired) electrons. The molecule has 31 heavy (non-hydrogen) atoms. The van der Waals surface area contributed by atoms with Crippen molar-refractivity contribution in [1.29, 1.82) is 5.26 Å². The van der Waals surface area contributed by atoms with Crippen LogP contribution in [0.3, 0.4) is 0 Å². The Bertz CT molecular complexity index is 805. The molecule has 2 rings (SSSR count). The van der Waals surface area contributed by atoms with Crippen LogP contribution in [0.25, 0.3) is 0 Å². The molecule has 1 saturated heterocycles. The number of halogens is 1. The minimum Gasteiger partial charge on any atom is -0.442 e. The summed E-state index contributed by atoms with van der Waals surface area (Å²) in [5, 5.41) is 11.8. The molecule has 0 aromatic heterocycles. The SMILES string of the molecule is CCN(CCC(C)C(C#N)CS)C1=C(F)C=C(N2CC(CNC(C)=O)OC2=O)CC=C1. The Hall–Kier alpha value is -2.47. The lowest BCUT2D eigenvalue weighted by Gasteiger charge is -2.26. The fraction of sp³-hybridized carbons (Fsp3) is 0.591. The molecule has 1 heterocycles. The number of nitriles is 1. The molecule has 1 aliphatic heterocycles. The fourth-order valence-corrected chi connectivity index (χ4v) is 4.01. The first kappa shape index (κ1) is 24.8. The number of nitrogens with zero attached hydrogens (tertiary/aromatic N) is 3. The van der Waals surface area contributed by atoms with Crippen molar-refractivity contribution >= 4 is 24.6 Å². The molecule has 0 spiro atoms. The molecular formula is C22H31FN4O3S. The normalized spacial score (nSPS) is 20.5. The van der Waals surface area contributed by atoms with Crippen molar-refractivity contribution < 1.29 is 18.7 Å². The predicted molar refractivity (Wildman–Crippen MR) is 120 cm³/mol. The van der Waals surface area contributed by atoms with Crippen LogP contribution in [0.1, 0.15) is 33.6 Å². The maximum absolute atomic E-state index is 15.2. The van der Waals surface area contributed by atoms with Crippen LogP contribution in [0.2, 0.25) is 0 Å². The summed E-state index contributed by atoms with van der Waals surface area (Å²) in [5.74, 6) is -0.0944. The summed E-state index contributed by atoms with van der Waals surface area (Å²) in [6.45, 7) is 7.08. The number of likely N-dealkylation sites (N-methyl/N-ethyl adjacent to an activating group) is 1. The summed E-state index contributed by atoms with van der Waals surface area (Å²) in [6, 6.07) is 2.27. The van der Waals surface area contributed by atoms with Crippen LogP contribution in [0.5, 0.6) is 0 Å². The molecule has 0 bridgehead atoms. The van der Waals surface area contributed by atoms with Crippen molar-refractivity contribution in [1.82, 2.24) is 15.1 Å². The second-order valence-corrected chi connectivity index (χ2v) is 8.16. The lowest BCUT2D eigenvalue weighted by atomic mass is 9.93. The van der Waals surface area contributed by atoms with Gasteiger partial charge in [-0.25, -0.2) is 9.18 Å². The number of cyclic esters (lactones) is 1. The zero-order valence-corrected chi connectivity index (χ0v) is 19.2. The van der Waals surface area contributed by atoms with E-state index in [1.807, 2.05) is 24.8 Å². The fourth-order valence-electron chi connectivity index (χ4n) is 3.57. The van der Waals surface area contributed by atoms with Crippen LogP contribution in [0.15, 0.2) is 35.4 Å². The van der Waals surface area contributed by atoms with E-state index in [0.717, 1.165) is 6.42 Å². The van der Waals surface area contributed by atoms with Gasteiger partial charge in [0.15, 0.2) is 0 Å². The number of ether oxygens (including phenoxy) is 1. The molecule has 2 amide bonds. The van der Waals surface area contributed by atoms with Gasteiger partial charge in [0, 0.05) is 37.9 Å². The summed E-state index contributed by atoms with van der Waals surface area (Å²) >= 11 is 4.23. The van der Waals surface area contributed by atoms with E-state index in [4.69, 9.17) is 4.74 Å². The van der Waals surface area contributed by atoms with Gasteiger partial charge < -0.3 is 15.0 Å². The highest BCUT2D eigenvalue weighted by Gasteiger charge is 2.34. The van der Waals surface area contributed by atoms with E-state index >= 15 is 4.39 Å². The molecule has 0 saturated carbocycles. The maximum Gasteiger partial charge on any atom is 0.414 e. The Balaban J connectivity index is 2.10. The van der Waals surface area contributed by atoms with E-state index in [-0.39, 0.29) is 30.8 Å². The van der Waals surface area contributed by atoms with Gasteiger partial charge in [-0.1, -0.05) is 13.0 Å². The third-order valence-corrected chi connectivity index (χ3v) is 5.96. The zero-order valence-electron chi connectivity index (χ0n) is 18.3. The van der Waals surface area contributed by atoms with E-state index in [9.17, 15) is 14.9 Å². The molecule has 2 aliphatic rings. The van der Waals surface area contributed by atoms with Gasteiger partial charge in [0.25, 0.3) is 0 Å². The number of thiol groups is 1. The van der Waals surface area contributed by atoms with Crippen LogP contribution < -0.4 is 5.32 Å². The molecule has 3 unspecified atom stereocenters. The summed E-state index contributed by atoms with van der Waals surface area (Å²) < 4.78 is 20.4. The highest BCUT2D eigenvalue weighted by Crippen LogP contribution is 2.27. The van der Waals surface area contributed by atoms with E-state index in [2.05, 4.69) is 24.0 Å². The van der Waals surface area contributed by atoms with Crippen molar-refractivity contribution in [3.8, 4) is 6.07 Å². The maximum atomic E-state index is 15.2. The Morgan fingerprint density at radius 3 is 2.90 bits per heavy atom. The summed E-state index contributed by atoms with van der Waals surface area (Å²) in [5.41, 5.74) is 0.981. The van der Waals surface area contributed by atoms with Gasteiger partial charge in [0.2, 0.25) is 5.91 Å². The average Bonchev–Trinajstić information content (AvgIpc) is 3.00. The Kier molecular flexibility index (Phi) is 9.44. The lowest BCUT2D eigenvalue weighted by Crippen LogP contribution is -2.33. The van der Waals surface area contributed by atoms with E-state index in [1.165, 1.54) is 17.9 Å². The molecule has 0 aromatic rings. The van der Waals surface area contributed by atoms with Gasteiger partial charge in [-0.2, -0.15) is 17.9 Å². The zero-order chi connectivity index (χ0) is 23.0. The number of rotatable bonds is 10. The molecule has 7 nitrogen and oxygen atoms in total. The molecule has 0 aromatic carbocycles. The first-order valence-corrected chi connectivity index (χ1v) is 11.2. The monoisotopic (exact) mass is 450 g/mol. The number of carbonyl (C=O) groups is 2. The largest absolute Gasteiger partial charge is 0.442 e. The molecule has 9 heteroatoms. The van der Waals surface area contributed by atoms with Gasteiger partial charge in [-0.3, -0.25) is 9.69 Å². The predicted octanol–water partition coefficient (Wildman–Crippen LogP) is 3.39. The molecule has 1 aliphatic carbocycles. The topological polar surface area (TPSA) is 85.7 Å². The second kappa shape index (κ2) is 11.8. The highest BCUT2D eigenvalue weighted by molar-refractivity contribution is 7.80. The number of hydrogen-bond donors (Lipinski definition) is 2. The number of hydrogen-bond acceptors (Lipinski definition) is 6. The third kappa shape index (κ3) is 6.76. The highest BCUT2D eigenvalue weighted by atomic mass is 32.1. The minimum atomic E-state index is -0.540. The Labute approximate surface area is 189 Å². The van der Waals surface area contributed by atoms with E-state index in [0.29, 0.717) is 36.7 Å². The molecule has 170 valence electrons. The van der Waals surface area contributed by atoms with Crippen LogP contribution in [0.4, 0.5) is 9.18 Å². The van der Waals surface area contributed by atoms with Crippen molar-refractivity contribution in [3.63, 3.8) is 0 Å². The molecular weight excluding hydrogens is 419 g/mol. The number of amides is 2. The van der Waals surface area contributed by atoms with Crippen molar-refractivity contribution in [2.24, 2.45) is 11.8 Å². The minimum absolute atomic E-state index is 0.136. The van der Waals surface area contributed by atoms with Crippen molar-refractivity contribution in [3.05, 3.63) is 35.4 Å². The van der Waals surface area contributed by atoms with Gasteiger partial charge in [0.05, 0.1) is 30.8 Å². The Morgan fingerprint density at radius 2 is 2.29 bits per heavy atom. The van der Waals surface area contributed by atoms with Gasteiger partial charge in [0.1, 0.15) is 11.9 Å². The number of nitrogens with one attached hydrogen (secondary N) is 1. The summed E-state index contributed by atoms with van der Waals surface area (Å²) in [7, 11) is 0. The first-order chi connectivity index (χ1) is 14.8. The standard InChI is InChI=1S/C22H31FN4O3S/c1-4-26(9-8-15(2)17(11-24)14-31)21-7-5-6-18(10-20(21)23)27-13-19(30-22(27)29)12-25-16(3)28/h5,7,10,15,17,19,31H,4,6,8-9,12-14H2,1-3H3,(H,25,28). The number of carbonyl (C=O) groups excluding carboxylic acids is 2. The summed E-state index contributed by atoms with van der Waals surface area (Å²) in [6.07, 6.45) is 5.09. The summed E-state index contributed by atoms with van der Waals surface area (Å²) in [4.78, 5) is 26.7. The molecule has 1 N–H and O–H groups in total. The Morgan fingerprint density at radius 1 is 1.55 bits per heavy atom. The second-order valence-electron chi connectivity index (χ2n) is 7.79. The van der Waals surface area contributed by atoms with E-state index in [1.54, 1.807) is 6.08 Å². The molecule has 1 fully saturated rings. The van der Waals surface area contributed by atoms with Crippen molar-refractivity contribution in [2.45, 2.75) is 39.7 Å². The van der Waals surface area contributed by atoms with Crippen LogP contribution >= 0.6 is 12.6 Å². The third-order valence-electron chi connectivity index (χ3n) is 5.57. The first-order valence-electron chi connectivity index (χ1n) is 10.6. The quantitative estimate of drug-likeness (QED) is 0.499. The van der Waals surface area contributed by atoms with Crippen LogP contribution in [-0.2, 0) is 9.53 Å². The van der Waals surface area contributed by atoms with E-state index < -0.39 is 18.0 Å².